The number of rotatable bonds is 4. The Bertz CT molecular complexity index is 846. The van der Waals surface area contributed by atoms with E-state index in [1.807, 2.05) is 13.8 Å². The maximum absolute atomic E-state index is 14.2. The van der Waals surface area contributed by atoms with Crippen molar-refractivity contribution in [3.05, 3.63) is 47.7 Å². The lowest BCUT2D eigenvalue weighted by molar-refractivity contribution is 0.216. The van der Waals surface area contributed by atoms with E-state index in [-0.39, 0.29) is 17.3 Å². The van der Waals surface area contributed by atoms with E-state index in [2.05, 4.69) is 20.3 Å². The van der Waals surface area contributed by atoms with Gasteiger partial charge in [0.2, 0.25) is 0 Å². The number of hydrogen-bond acceptors (Lipinski definition) is 5. The summed E-state index contributed by atoms with van der Waals surface area (Å²) in [6.07, 6.45) is 1.87. The van der Waals surface area contributed by atoms with Crippen molar-refractivity contribution in [2.24, 2.45) is 0 Å². The number of fused-ring (bicyclic) bond motifs is 1. The van der Waals surface area contributed by atoms with E-state index in [0.717, 1.165) is 0 Å². The quantitative estimate of drug-likeness (QED) is 0.555. The van der Waals surface area contributed by atoms with Gasteiger partial charge in [0, 0.05) is 23.4 Å². The van der Waals surface area contributed by atoms with Gasteiger partial charge in [-0.15, -0.1) is 0 Å². The Morgan fingerprint density at radius 3 is 2.78 bits per heavy atom. The number of H-pyrrole nitrogens is 1. The van der Waals surface area contributed by atoms with E-state index in [9.17, 15) is 9.50 Å². The number of benzene rings is 1. The number of anilines is 2. The van der Waals surface area contributed by atoms with Gasteiger partial charge < -0.3 is 21.1 Å². The number of hydrogen-bond donors (Lipinski definition) is 4. The molecule has 0 aliphatic heterocycles. The van der Waals surface area contributed by atoms with Crippen molar-refractivity contribution >= 4 is 22.5 Å². The molecule has 0 spiro atoms. The van der Waals surface area contributed by atoms with Crippen LogP contribution in [0.2, 0.25) is 0 Å². The number of aliphatic hydroxyl groups is 1. The predicted octanol–water partition coefficient (Wildman–Crippen LogP) is 2.58. The fraction of sp³-hybridized carbons (Fsp3) is 0.250. The summed E-state index contributed by atoms with van der Waals surface area (Å²) >= 11 is 0. The van der Waals surface area contributed by atoms with Gasteiger partial charge in [0.05, 0.1) is 11.1 Å². The van der Waals surface area contributed by atoms with Crippen molar-refractivity contribution in [1.82, 2.24) is 15.0 Å². The van der Waals surface area contributed by atoms with Crippen LogP contribution in [-0.2, 0) is 0 Å². The summed E-state index contributed by atoms with van der Waals surface area (Å²) in [5.41, 5.74) is 6.77. The van der Waals surface area contributed by atoms with Gasteiger partial charge in [0.1, 0.15) is 23.9 Å². The van der Waals surface area contributed by atoms with E-state index in [1.165, 1.54) is 18.5 Å². The molecule has 2 aromatic heterocycles. The second-order valence-corrected chi connectivity index (χ2v) is 5.64. The van der Waals surface area contributed by atoms with Gasteiger partial charge in [-0.05, 0) is 19.9 Å². The topological polar surface area (TPSA) is 99.8 Å². The second-order valence-electron chi connectivity index (χ2n) is 5.64. The maximum Gasteiger partial charge on any atom is 0.152 e. The van der Waals surface area contributed by atoms with Crippen LogP contribution in [0, 0.1) is 5.82 Å². The van der Waals surface area contributed by atoms with Crippen molar-refractivity contribution in [2.75, 3.05) is 11.1 Å². The maximum atomic E-state index is 14.2. The monoisotopic (exact) mass is 315 g/mol. The number of aromatic nitrogens is 3. The molecule has 120 valence electrons. The minimum atomic E-state index is -1.18. The smallest absolute Gasteiger partial charge is 0.152 e. The van der Waals surface area contributed by atoms with Crippen LogP contribution in [-0.4, -0.2) is 26.1 Å². The molecule has 0 aliphatic rings. The highest BCUT2D eigenvalue weighted by Crippen LogP contribution is 2.33. The first-order chi connectivity index (χ1) is 11.0. The summed E-state index contributed by atoms with van der Waals surface area (Å²) in [5, 5.41) is 14.5. The average molecular weight is 315 g/mol. The van der Waals surface area contributed by atoms with E-state index in [4.69, 9.17) is 5.73 Å². The molecule has 7 heteroatoms. The minimum Gasteiger partial charge on any atom is -0.396 e. The number of nitrogens with two attached hydrogens (primary N) is 1. The molecule has 23 heavy (non-hydrogen) atoms. The predicted molar refractivity (Wildman–Crippen MR) is 87.5 cm³/mol. The number of aliphatic hydroxyl groups excluding tert-OH is 1. The molecule has 1 aromatic carbocycles. The molecule has 1 unspecified atom stereocenters. The van der Waals surface area contributed by atoms with Gasteiger partial charge in [-0.1, -0.05) is 12.1 Å². The van der Waals surface area contributed by atoms with Crippen LogP contribution in [0.3, 0.4) is 0 Å². The third-order valence-corrected chi connectivity index (χ3v) is 3.57. The lowest BCUT2D eigenvalue weighted by Gasteiger charge is -2.15. The molecule has 6 nitrogen and oxygen atoms in total. The Kier molecular flexibility index (Phi) is 3.87. The summed E-state index contributed by atoms with van der Waals surface area (Å²) in [6, 6.07) is 4.72. The highest BCUT2D eigenvalue weighted by Gasteiger charge is 2.22. The van der Waals surface area contributed by atoms with Gasteiger partial charge in [0.25, 0.3) is 0 Å². The number of nitrogens with one attached hydrogen (secondary N) is 2. The Labute approximate surface area is 132 Å². The van der Waals surface area contributed by atoms with E-state index < -0.39 is 11.9 Å². The summed E-state index contributed by atoms with van der Waals surface area (Å²) in [5.74, 6) is -0.0332. The van der Waals surface area contributed by atoms with Crippen molar-refractivity contribution in [3.63, 3.8) is 0 Å². The fourth-order valence-electron chi connectivity index (χ4n) is 2.53. The fourth-order valence-corrected chi connectivity index (χ4v) is 2.53. The first kappa shape index (κ1) is 15.2. The summed E-state index contributed by atoms with van der Waals surface area (Å²) in [4.78, 5) is 11.4. The normalized spacial score (nSPS) is 12.7. The van der Waals surface area contributed by atoms with Crippen molar-refractivity contribution < 1.29 is 9.50 Å². The molecule has 0 fully saturated rings. The van der Waals surface area contributed by atoms with Crippen molar-refractivity contribution in [1.29, 1.82) is 0 Å². The van der Waals surface area contributed by atoms with E-state index in [1.54, 1.807) is 12.3 Å². The number of halogens is 1. The molecule has 3 rings (SSSR count). The van der Waals surface area contributed by atoms with Crippen molar-refractivity contribution in [2.45, 2.75) is 26.0 Å². The molecule has 0 saturated carbocycles. The van der Waals surface area contributed by atoms with Crippen LogP contribution in [0.1, 0.15) is 31.1 Å². The number of aromatic amines is 1. The van der Waals surface area contributed by atoms with Crippen LogP contribution < -0.4 is 11.1 Å². The van der Waals surface area contributed by atoms with Crippen LogP contribution in [0.25, 0.3) is 11.0 Å². The van der Waals surface area contributed by atoms with Crippen molar-refractivity contribution in [3.8, 4) is 0 Å². The standard InChI is InChI=1S/C16H18FN5O/c1-8(2)22-16-12-10(6-19-15(12)20-7-21-16)14(23)9-4-3-5-11(18)13(9)17/h3-8,14,23H,18H2,1-2H3,(H2,19,20,21,22). The molecule has 1 atom stereocenters. The van der Waals surface area contributed by atoms with Gasteiger partial charge >= 0.3 is 0 Å². The minimum absolute atomic E-state index is 0.00169. The SMILES string of the molecule is CC(C)Nc1ncnc2[nH]cc(C(O)c3cccc(N)c3F)c12. The lowest BCUT2D eigenvalue weighted by atomic mass is 10.0. The molecule has 0 aliphatic carbocycles. The van der Waals surface area contributed by atoms with E-state index >= 15 is 0 Å². The summed E-state index contributed by atoms with van der Waals surface area (Å²) in [7, 11) is 0. The second kappa shape index (κ2) is 5.85. The molecular weight excluding hydrogens is 297 g/mol. The van der Waals surface area contributed by atoms with Gasteiger partial charge in [-0.25, -0.2) is 14.4 Å². The zero-order chi connectivity index (χ0) is 16.6. The first-order valence-corrected chi connectivity index (χ1v) is 7.29. The Morgan fingerprint density at radius 2 is 2.04 bits per heavy atom. The largest absolute Gasteiger partial charge is 0.396 e. The zero-order valence-electron chi connectivity index (χ0n) is 12.8. The molecule has 0 amide bonds. The molecule has 0 radical (unpaired) electrons. The van der Waals surface area contributed by atoms with Gasteiger partial charge in [0.15, 0.2) is 5.82 Å². The van der Waals surface area contributed by atoms with Gasteiger partial charge in [-0.2, -0.15) is 0 Å². The number of nitrogens with zero attached hydrogens (tertiary/aromatic N) is 2. The highest BCUT2D eigenvalue weighted by molar-refractivity contribution is 5.91. The highest BCUT2D eigenvalue weighted by atomic mass is 19.1. The third-order valence-electron chi connectivity index (χ3n) is 3.57. The molecule has 3 aromatic rings. The van der Waals surface area contributed by atoms with Crippen LogP contribution in [0.15, 0.2) is 30.7 Å². The van der Waals surface area contributed by atoms with Crippen LogP contribution >= 0.6 is 0 Å². The van der Waals surface area contributed by atoms with Crippen LogP contribution in [0.5, 0.6) is 0 Å². The summed E-state index contributed by atoms with van der Waals surface area (Å²) < 4.78 is 14.2. The Balaban J connectivity index is 2.14. The molecule has 2 heterocycles. The van der Waals surface area contributed by atoms with E-state index in [0.29, 0.717) is 22.4 Å². The third kappa shape index (κ3) is 2.70. The van der Waals surface area contributed by atoms with Gasteiger partial charge in [-0.3, -0.25) is 0 Å². The Hall–Kier alpha value is -2.67. The first-order valence-electron chi connectivity index (χ1n) is 7.29. The zero-order valence-corrected chi connectivity index (χ0v) is 12.8. The molecule has 0 bridgehead atoms. The Morgan fingerprint density at radius 1 is 1.26 bits per heavy atom. The average Bonchev–Trinajstić information content (AvgIpc) is 2.94. The molecule has 0 saturated heterocycles. The summed E-state index contributed by atoms with van der Waals surface area (Å²) in [6.45, 7) is 3.96. The lowest BCUT2D eigenvalue weighted by Crippen LogP contribution is -2.12. The van der Waals surface area contributed by atoms with Crippen LogP contribution in [0.4, 0.5) is 15.9 Å². The molecule has 5 N–H and O–H groups in total. The number of nitrogen functional groups attached to an aromatic ring is 1. The molecular formula is C16H18FN5O.